The van der Waals surface area contributed by atoms with Crippen molar-refractivity contribution in [2.75, 3.05) is 7.11 Å². The molecule has 0 saturated heterocycles. The van der Waals surface area contributed by atoms with Crippen LogP contribution in [-0.2, 0) is 14.6 Å². The molecule has 0 spiro atoms. The summed E-state index contributed by atoms with van der Waals surface area (Å²) in [6.45, 7) is 5.18. The van der Waals surface area contributed by atoms with E-state index in [-0.39, 0.29) is 9.80 Å². The number of allylic oxidation sites excluding steroid dienone is 1. The van der Waals surface area contributed by atoms with Gasteiger partial charge in [0.15, 0.2) is 0 Å². The van der Waals surface area contributed by atoms with Gasteiger partial charge in [0.1, 0.15) is 6.23 Å². The van der Waals surface area contributed by atoms with Crippen LogP contribution in [0.2, 0.25) is 0 Å². The first-order chi connectivity index (χ1) is 10.3. The largest absolute Gasteiger partial charge is 0.361 e. The average molecular weight is 324 g/mol. The van der Waals surface area contributed by atoms with Gasteiger partial charge in [0, 0.05) is 18.7 Å². The zero-order valence-electron chi connectivity index (χ0n) is 13.0. The van der Waals surface area contributed by atoms with E-state index in [1.165, 1.54) is 7.11 Å². The molecule has 0 radical (unpaired) electrons. The van der Waals surface area contributed by atoms with E-state index in [0.29, 0.717) is 5.70 Å². The van der Waals surface area contributed by atoms with Crippen LogP contribution in [0.5, 0.6) is 0 Å². The Morgan fingerprint density at radius 2 is 1.73 bits per heavy atom. The number of ether oxygens (including phenoxy) is 1. The topological polar surface area (TPSA) is 84.5 Å². The lowest BCUT2D eigenvalue weighted by Crippen LogP contribution is -2.43. The number of methoxy groups -OCH3 is 1. The van der Waals surface area contributed by atoms with E-state index in [0.717, 1.165) is 5.56 Å². The molecule has 2 rings (SSSR count). The molecular weight excluding hydrogens is 304 g/mol. The van der Waals surface area contributed by atoms with Crippen molar-refractivity contribution in [2.24, 2.45) is 5.92 Å². The lowest BCUT2D eigenvalue weighted by Gasteiger charge is -2.23. The smallest absolute Gasteiger partial charge is 0.321 e. The summed E-state index contributed by atoms with van der Waals surface area (Å²) in [4.78, 5) is 12.1. The fourth-order valence-electron chi connectivity index (χ4n) is 2.55. The third kappa shape index (κ3) is 3.00. The van der Waals surface area contributed by atoms with Gasteiger partial charge in [-0.1, -0.05) is 24.6 Å². The van der Waals surface area contributed by atoms with Crippen LogP contribution in [0.25, 0.3) is 0 Å². The molecule has 1 heterocycles. The highest BCUT2D eigenvalue weighted by molar-refractivity contribution is 7.95. The number of hydrogen-bond donors (Lipinski definition) is 2. The second-order valence-electron chi connectivity index (χ2n) is 5.35. The lowest BCUT2D eigenvalue weighted by molar-refractivity contribution is 0.0552. The predicted molar refractivity (Wildman–Crippen MR) is 82.7 cm³/mol. The summed E-state index contributed by atoms with van der Waals surface area (Å²) in [5.74, 6) is -0.518. The van der Waals surface area contributed by atoms with Crippen molar-refractivity contribution in [2.45, 2.75) is 31.9 Å². The Labute approximate surface area is 130 Å². The van der Waals surface area contributed by atoms with E-state index in [9.17, 15) is 13.2 Å². The first-order valence-corrected chi connectivity index (χ1v) is 8.38. The van der Waals surface area contributed by atoms with Crippen molar-refractivity contribution >= 4 is 15.9 Å². The second-order valence-corrected chi connectivity index (χ2v) is 7.27. The number of nitrogens with one attached hydrogen (secondary N) is 2. The Morgan fingerprint density at radius 1 is 1.14 bits per heavy atom. The fraction of sp³-hybridized carbons (Fsp3) is 0.400. The molecule has 0 fully saturated rings. The molecule has 0 aromatic heterocycles. The summed E-state index contributed by atoms with van der Waals surface area (Å²) >= 11 is 0. The van der Waals surface area contributed by atoms with Gasteiger partial charge >= 0.3 is 6.03 Å². The first-order valence-electron chi connectivity index (χ1n) is 6.90. The maximum atomic E-state index is 12.9. The van der Waals surface area contributed by atoms with Crippen LogP contribution in [-0.4, -0.2) is 27.8 Å². The van der Waals surface area contributed by atoms with Crippen LogP contribution in [0.15, 0.2) is 39.8 Å². The number of aryl methyl sites for hydroxylation is 1. The number of urea groups is 1. The number of rotatable bonds is 3. The molecule has 1 aromatic rings. The van der Waals surface area contributed by atoms with Crippen LogP contribution in [0.1, 0.15) is 19.4 Å². The molecule has 2 amide bonds. The van der Waals surface area contributed by atoms with E-state index in [2.05, 4.69) is 10.6 Å². The normalized spacial score (nSPS) is 22.8. The number of carbonyl (C=O) groups excluding carboxylic acids is 1. The highest BCUT2D eigenvalue weighted by Gasteiger charge is 2.36. The molecular formula is C15H20N2O4S. The van der Waals surface area contributed by atoms with E-state index in [1.54, 1.807) is 38.1 Å². The SMILES string of the molecule is CO[C@@H]1NC(=O)NC(C)=C(S(=O)(=O)c2ccc(C)cc2)[C@@H]1C. The van der Waals surface area contributed by atoms with Crippen LogP contribution in [0, 0.1) is 12.8 Å². The molecule has 0 bridgehead atoms. The second kappa shape index (κ2) is 6.10. The zero-order valence-corrected chi connectivity index (χ0v) is 13.8. The zero-order chi connectivity index (χ0) is 16.5. The Hall–Kier alpha value is -1.86. The maximum Gasteiger partial charge on any atom is 0.321 e. The Kier molecular flexibility index (Phi) is 4.58. The van der Waals surface area contributed by atoms with Gasteiger partial charge in [0.25, 0.3) is 0 Å². The van der Waals surface area contributed by atoms with Gasteiger partial charge in [-0.25, -0.2) is 13.2 Å². The summed E-state index contributed by atoms with van der Waals surface area (Å²) in [5.41, 5.74) is 1.29. The van der Waals surface area contributed by atoms with E-state index in [1.807, 2.05) is 6.92 Å². The molecule has 1 aromatic carbocycles. The molecule has 2 N–H and O–H groups in total. The number of sulfone groups is 1. The highest BCUT2D eigenvalue weighted by atomic mass is 32.2. The summed E-state index contributed by atoms with van der Waals surface area (Å²) in [6, 6.07) is 6.15. The van der Waals surface area contributed by atoms with Crippen LogP contribution in [0.4, 0.5) is 4.79 Å². The molecule has 22 heavy (non-hydrogen) atoms. The number of carbonyl (C=O) groups is 1. The van der Waals surface area contributed by atoms with Crippen LogP contribution < -0.4 is 10.6 Å². The van der Waals surface area contributed by atoms with Crippen molar-refractivity contribution in [3.05, 3.63) is 40.4 Å². The quantitative estimate of drug-likeness (QED) is 0.889. The Balaban J connectivity index is 2.57. The van der Waals surface area contributed by atoms with Crippen molar-refractivity contribution in [3.8, 4) is 0 Å². The predicted octanol–water partition coefficient (Wildman–Crippen LogP) is 1.92. The summed E-state index contributed by atoms with van der Waals surface area (Å²) in [7, 11) is -2.29. The standard InChI is InChI=1S/C15H20N2O4S/c1-9-5-7-12(8-6-9)22(19,20)13-10(2)14(21-4)17-15(18)16-11(13)3/h5-8,10,14H,1-4H3,(H2,16,17,18)/t10-,14-/m0/s1. The average Bonchev–Trinajstić information content (AvgIpc) is 2.55. The van der Waals surface area contributed by atoms with Crippen molar-refractivity contribution in [1.82, 2.24) is 10.6 Å². The minimum atomic E-state index is -3.72. The third-order valence-corrected chi connectivity index (χ3v) is 5.84. The lowest BCUT2D eigenvalue weighted by atomic mass is 10.1. The summed E-state index contributed by atoms with van der Waals surface area (Å²) < 4.78 is 31.1. The van der Waals surface area contributed by atoms with Crippen LogP contribution >= 0.6 is 0 Å². The van der Waals surface area contributed by atoms with Gasteiger partial charge < -0.3 is 15.4 Å². The van der Waals surface area contributed by atoms with Crippen molar-refractivity contribution in [3.63, 3.8) is 0 Å². The van der Waals surface area contributed by atoms with Gasteiger partial charge in [0.2, 0.25) is 9.84 Å². The molecule has 120 valence electrons. The molecule has 1 aliphatic heterocycles. The van der Waals surface area contributed by atoms with Crippen molar-refractivity contribution in [1.29, 1.82) is 0 Å². The van der Waals surface area contributed by atoms with Crippen LogP contribution in [0.3, 0.4) is 0 Å². The number of amides is 2. The molecule has 0 aliphatic carbocycles. The van der Waals surface area contributed by atoms with Gasteiger partial charge in [-0.15, -0.1) is 0 Å². The molecule has 1 aliphatic rings. The van der Waals surface area contributed by atoms with E-state index in [4.69, 9.17) is 4.74 Å². The number of benzene rings is 1. The minimum absolute atomic E-state index is 0.154. The molecule has 0 unspecified atom stereocenters. The Bertz CT molecular complexity index is 708. The first kappa shape index (κ1) is 16.5. The summed E-state index contributed by atoms with van der Waals surface area (Å²) in [5, 5.41) is 5.14. The minimum Gasteiger partial charge on any atom is -0.361 e. The number of hydrogen-bond acceptors (Lipinski definition) is 4. The molecule has 2 atom stereocenters. The van der Waals surface area contributed by atoms with Gasteiger partial charge in [-0.2, -0.15) is 0 Å². The van der Waals surface area contributed by atoms with Gasteiger partial charge in [0.05, 0.1) is 9.80 Å². The fourth-order valence-corrected chi connectivity index (χ4v) is 4.37. The highest BCUT2D eigenvalue weighted by Crippen LogP contribution is 2.31. The van der Waals surface area contributed by atoms with Gasteiger partial charge in [-0.05, 0) is 26.0 Å². The Morgan fingerprint density at radius 3 is 2.27 bits per heavy atom. The molecule has 7 heteroatoms. The van der Waals surface area contributed by atoms with Gasteiger partial charge in [-0.3, -0.25) is 0 Å². The van der Waals surface area contributed by atoms with E-state index >= 15 is 0 Å². The van der Waals surface area contributed by atoms with E-state index < -0.39 is 28.0 Å². The van der Waals surface area contributed by atoms with Crippen molar-refractivity contribution < 1.29 is 17.9 Å². The summed E-state index contributed by atoms with van der Waals surface area (Å²) in [6.07, 6.45) is -0.715. The monoisotopic (exact) mass is 324 g/mol. The third-order valence-electron chi connectivity index (χ3n) is 3.69. The molecule has 6 nitrogen and oxygen atoms in total. The molecule has 0 saturated carbocycles. The maximum absolute atomic E-state index is 12.9.